The van der Waals surface area contributed by atoms with Crippen molar-refractivity contribution in [1.29, 1.82) is 0 Å². The zero-order chi connectivity index (χ0) is 26.4. The number of fused-ring (bicyclic) bond motifs is 1. The van der Waals surface area contributed by atoms with Crippen LogP contribution in [0.2, 0.25) is 0 Å². The van der Waals surface area contributed by atoms with Crippen LogP contribution in [0.15, 0.2) is 46.8 Å². The van der Waals surface area contributed by atoms with E-state index in [1.54, 1.807) is 24.3 Å². The van der Waals surface area contributed by atoms with Gasteiger partial charge in [-0.15, -0.1) is 11.3 Å². The van der Waals surface area contributed by atoms with E-state index in [0.717, 1.165) is 5.56 Å². The Morgan fingerprint density at radius 3 is 2.54 bits per heavy atom. The minimum absolute atomic E-state index is 0.0662. The molecule has 3 aromatic rings. The molecule has 0 spiro atoms. The molecule has 0 N–H and O–H groups in total. The van der Waals surface area contributed by atoms with Gasteiger partial charge in [0.2, 0.25) is 21.9 Å². The van der Waals surface area contributed by atoms with Crippen LogP contribution < -0.4 is 0 Å². The Kier molecular flexibility index (Phi) is 7.06. The lowest BCUT2D eigenvalue weighted by molar-refractivity contribution is -0.141. The molecule has 0 unspecified atom stereocenters. The summed E-state index contributed by atoms with van der Waals surface area (Å²) in [4.78, 5) is 19.6. The molecule has 11 heteroatoms. The fraction of sp³-hybridized carbons (Fsp3) is 0.462. The Morgan fingerprint density at radius 2 is 1.84 bits per heavy atom. The Balaban J connectivity index is 1.47. The molecule has 37 heavy (non-hydrogen) atoms. The number of nitrogens with zero attached hydrogens (tertiary/aromatic N) is 3. The highest BCUT2D eigenvalue weighted by Gasteiger charge is 2.44. The standard InChI is InChI=1S/C26H28F3N3O3S2/c1-17-4-7-20(8-5-17)37(34,35)32-14-2-3-21(32)25(33)31(19-10-12-26(28,29)13-11-19)15-18-6-9-22-24(23(18)27)30-16-36-22/h4-9,16,19,21H,2-3,10-15H2,1H3/t21-/m0/s1. The van der Waals surface area contributed by atoms with E-state index in [-0.39, 0.29) is 54.7 Å². The molecule has 198 valence electrons. The Morgan fingerprint density at radius 1 is 1.14 bits per heavy atom. The number of amides is 1. The summed E-state index contributed by atoms with van der Waals surface area (Å²) < 4.78 is 72.0. The van der Waals surface area contributed by atoms with Gasteiger partial charge in [0.25, 0.3) is 0 Å². The first kappa shape index (κ1) is 26.1. The number of sulfonamides is 1. The number of thiazole rings is 1. The normalized spacial score (nSPS) is 20.9. The molecule has 1 aliphatic carbocycles. The monoisotopic (exact) mass is 551 g/mol. The highest BCUT2D eigenvalue weighted by atomic mass is 32.2. The van der Waals surface area contributed by atoms with Crippen molar-refractivity contribution in [2.24, 2.45) is 0 Å². The molecule has 2 fully saturated rings. The van der Waals surface area contributed by atoms with Crippen molar-refractivity contribution in [3.05, 3.63) is 58.9 Å². The van der Waals surface area contributed by atoms with E-state index in [9.17, 15) is 22.0 Å². The summed E-state index contributed by atoms with van der Waals surface area (Å²) >= 11 is 1.30. The van der Waals surface area contributed by atoms with Crippen molar-refractivity contribution in [1.82, 2.24) is 14.2 Å². The van der Waals surface area contributed by atoms with Crippen LogP contribution >= 0.6 is 11.3 Å². The number of carbonyl (C=O) groups excluding carboxylic acids is 1. The summed E-state index contributed by atoms with van der Waals surface area (Å²) in [6, 6.07) is 8.24. The third-order valence-corrected chi connectivity index (χ3v) is 10.1. The van der Waals surface area contributed by atoms with Gasteiger partial charge in [0, 0.05) is 37.5 Å². The number of hydrogen-bond acceptors (Lipinski definition) is 5. The van der Waals surface area contributed by atoms with E-state index in [1.165, 1.54) is 38.2 Å². The molecule has 1 aromatic heterocycles. The minimum atomic E-state index is -3.95. The molecule has 2 aliphatic rings. The van der Waals surface area contributed by atoms with Gasteiger partial charge in [0.05, 0.1) is 15.1 Å². The number of aromatic nitrogens is 1. The molecular weight excluding hydrogens is 523 g/mol. The average Bonchev–Trinajstić information content (AvgIpc) is 3.55. The van der Waals surface area contributed by atoms with Gasteiger partial charge in [-0.25, -0.2) is 26.6 Å². The van der Waals surface area contributed by atoms with Gasteiger partial charge in [-0.2, -0.15) is 4.31 Å². The summed E-state index contributed by atoms with van der Waals surface area (Å²) in [5.41, 5.74) is 2.88. The third-order valence-electron chi connectivity index (χ3n) is 7.39. The number of rotatable bonds is 6. The number of halogens is 3. The summed E-state index contributed by atoms with van der Waals surface area (Å²) in [6.07, 6.45) is 0.206. The number of carbonyl (C=O) groups is 1. The minimum Gasteiger partial charge on any atom is -0.334 e. The van der Waals surface area contributed by atoms with E-state index in [2.05, 4.69) is 4.98 Å². The molecule has 1 atom stereocenters. The SMILES string of the molecule is Cc1ccc(S(=O)(=O)N2CCC[C@H]2C(=O)N(Cc2ccc3scnc3c2F)C2CCC(F)(F)CC2)cc1. The molecule has 1 aliphatic heterocycles. The second kappa shape index (κ2) is 9.99. The van der Waals surface area contributed by atoms with Crippen molar-refractivity contribution in [2.75, 3.05) is 6.54 Å². The summed E-state index contributed by atoms with van der Waals surface area (Å²) in [5, 5.41) is 0. The van der Waals surface area contributed by atoms with Crippen LogP contribution in [-0.4, -0.2) is 53.1 Å². The highest BCUT2D eigenvalue weighted by molar-refractivity contribution is 7.89. The predicted molar refractivity (Wildman–Crippen MR) is 135 cm³/mol. The van der Waals surface area contributed by atoms with Crippen molar-refractivity contribution in [2.45, 2.75) is 74.9 Å². The van der Waals surface area contributed by atoms with E-state index >= 15 is 4.39 Å². The van der Waals surface area contributed by atoms with Gasteiger partial charge in [-0.3, -0.25) is 4.79 Å². The summed E-state index contributed by atoms with van der Waals surface area (Å²) in [5.74, 6) is -3.82. The summed E-state index contributed by atoms with van der Waals surface area (Å²) in [7, 11) is -3.95. The lowest BCUT2D eigenvalue weighted by Gasteiger charge is -2.39. The molecule has 1 saturated heterocycles. The van der Waals surface area contributed by atoms with Crippen molar-refractivity contribution >= 4 is 37.5 Å². The number of hydrogen-bond donors (Lipinski definition) is 0. The highest BCUT2D eigenvalue weighted by Crippen LogP contribution is 2.37. The third kappa shape index (κ3) is 5.13. The van der Waals surface area contributed by atoms with Crippen molar-refractivity contribution in [3.8, 4) is 0 Å². The first-order valence-corrected chi connectivity index (χ1v) is 14.7. The number of benzene rings is 2. The Labute approximate surface area is 218 Å². The maximum Gasteiger partial charge on any atom is 0.248 e. The molecule has 6 nitrogen and oxygen atoms in total. The predicted octanol–water partition coefficient (Wildman–Crippen LogP) is 5.50. The van der Waals surface area contributed by atoms with Gasteiger partial charge < -0.3 is 4.90 Å². The van der Waals surface area contributed by atoms with Gasteiger partial charge in [-0.05, 0) is 50.8 Å². The van der Waals surface area contributed by atoms with Crippen LogP contribution in [0.4, 0.5) is 13.2 Å². The summed E-state index contributed by atoms with van der Waals surface area (Å²) in [6.45, 7) is 1.90. The first-order chi connectivity index (χ1) is 17.6. The van der Waals surface area contributed by atoms with E-state index in [0.29, 0.717) is 17.5 Å². The molecule has 1 amide bonds. The maximum absolute atomic E-state index is 15.3. The van der Waals surface area contributed by atoms with Gasteiger partial charge in [0.15, 0.2) is 5.82 Å². The second-order valence-electron chi connectivity index (χ2n) is 9.88. The van der Waals surface area contributed by atoms with Crippen molar-refractivity contribution < 1.29 is 26.4 Å². The van der Waals surface area contributed by atoms with Crippen LogP contribution in [0.3, 0.4) is 0 Å². The number of alkyl halides is 2. The fourth-order valence-electron chi connectivity index (χ4n) is 5.28. The molecule has 0 radical (unpaired) electrons. The zero-order valence-corrected chi connectivity index (χ0v) is 22.0. The van der Waals surface area contributed by atoms with E-state index in [4.69, 9.17) is 0 Å². The second-order valence-corrected chi connectivity index (χ2v) is 12.7. The smallest absolute Gasteiger partial charge is 0.248 e. The molecule has 2 heterocycles. The Hall–Kier alpha value is -2.50. The van der Waals surface area contributed by atoms with Crippen LogP contribution in [-0.2, 0) is 21.4 Å². The molecule has 2 aromatic carbocycles. The molecule has 0 bridgehead atoms. The quantitative estimate of drug-likeness (QED) is 0.406. The molecule has 1 saturated carbocycles. The molecule has 5 rings (SSSR count). The largest absolute Gasteiger partial charge is 0.334 e. The van der Waals surface area contributed by atoms with Gasteiger partial charge >= 0.3 is 0 Å². The van der Waals surface area contributed by atoms with Gasteiger partial charge in [-0.1, -0.05) is 23.8 Å². The van der Waals surface area contributed by atoms with E-state index < -0.39 is 39.8 Å². The van der Waals surface area contributed by atoms with Gasteiger partial charge in [0.1, 0.15) is 11.6 Å². The molecular formula is C26H28F3N3O3S2. The van der Waals surface area contributed by atoms with Crippen LogP contribution in [0.25, 0.3) is 10.2 Å². The van der Waals surface area contributed by atoms with E-state index in [1.807, 2.05) is 6.92 Å². The fourth-order valence-corrected chi connectivity index (χ4v) is 7.60. The lowest BCUT2D eigenvalue weighted by Crippen LogP contribution is -2.52. The Bertz CT molecular complexity index is 1400. The van der Waals surface area contributed by atoms with Crippen molar-refractivity contribution in [3.63, 3.8) is 0 Å². The van der Waals surface area contributed by atoms with Crippen LogP contribution in [0, 0.1) is 12.7 Å². The first-order valence-electron chi connectivity index (χ1n) is 12.3. The lowest BCUT2D eigenvalue weighted by atomic mass is 9.90. The average molecular weight is 552 g/mol. The topological polar surface area (TPSA) is 70.6 Å². The number of aryl methyl sites for hydroxylation is 1. The maximum atomic E-state index is 15.3. The van der Waals surface area contributed by atoms with Crippen LogP contribution in [0.5, 0.6) is 0 Å². The zero-order valence-electron chi connectivity index (χ0n) is 20.4. The van der Waals surface area contributed by atoms with Crippen LogP contribution in [0.1, 0.15) is 49.7 Å².